The van der Waals surface area contributed by atoms with Crippen LogP contribution in [0.15, 0.2) is 67.0 Å². The monoisotopic (exact) mass is 345 g/mol. The minimum Gasteiger partial charge on any atom is -0.349 e. The minimum atomic E-state index is -0.0247. The molecule has 0 fully saturated rings. The maximum absolute atomic E-state index is 12.5. The van der Waals surface area contributed by atoms with Gasteiger partial charge in [-0.3, -0.25) is 4.79 Å². The average Bonchev–Trinajstić information content (AvgIpc) is 3.15. The summed E-state index contributed by atoms with van der Waals surface area (Å²) >= 11 is 0. The molecule has 1 aliphatic heterocycles. The van der Waals surface area contributed by atoms with Crippen LogP contribution < -0.4 is 10.6 Å². The van der Waals surface area contributed by atoms with E-state index in [9.17, 15) is 4.79 Å². The molecule has 1 aliphatic rings. The number of nitrogens with one attached hydrogen (secondary N) is 2. The van der Waals surface area contributed by atoms with Crippen LogP contribution in [0, 0.1) is 0 Å². The van der Waals surface area contributed by atoms with E-state index in [4.69, 9.17) is 0 Å². The van der Waals surface area contributed by atoms with Crippen molar-refractivity contribution in [3.8, 4) is 0 Å². The van der Waals surface area contributed by atoms with E-state index < -0.39 is 0 Å². The second-order valence-corrected chi connectivity index (χ2v) is 6.72. The summed E-state index contributed by atoms with van der Waals surface area (Å²) in [5, 5.41) is 6.46. The summed E-state index contributed by atoms with van der Waals surface area (Å²) in [5.41, 5.74) is 5.87. The number of carbonyl (C=O) groups excluding carboxylic acids is 1. The number of aromatic nitrogens is 1. The second-order valence-electron chi connectivity index (χ2n) is 6.72. The van der Waals surface area contributed by atoms with Gasteiger partial charge in [0.1, 0.15) is 0 Å². The predicted octanol–water partition coefficient (Wildman–Crippen LogP) is 3.11. The van der Waals surface area contributed by atoms with Crippen molar-refractivity contribution in [1.29, 1.82) is 0 Å². The molecule has 0 spiro atoms. The van der Waals surface area contributed by atoms with E-state index in [2.05, 4.69) is 41.0 Å². The van der Waals surface area contributed by atoms with Gasteiger partial charge in [0.15, 0.2) is 0 Å². The summed E-state index contributed by atoms with van der Waals surface area (Å²) in [6.45, 7) is 3.26. The molecular weight excluding hydrogens is 322 g/mol. The Balaban J connectivity index is 1.40. The molecule has 4 nitrogen and oxygen atoms in total. The van der Waals surface area contributed by atoms with E-state index in [1.165, 1.54) is 22.3 Å². The first-order valence-electron chi connectivity index (χ1n) is 9.08. The molecule has 0 aliphatic carbocycles. The maximum atomic E-state index is 12.5. The van der Waals surface area contributed by atoms with Crippen LogP contribution >= 0.6 is 0 Å². The van der Waals surface area contributed by atoms with Crippen LogP contribution in [-0.4, -0.2) is 17.0 Å². The number of fused-ring (bicyclic) bond motifs is 1. The molecule has 4 heteroatoms. The molecule has 1 amide bonds. The maximum Gasteiger partial charge on any atom is 0.253 e. The standard InChI is InChI=1S/C22H23N3O/c26-22(20-10-12-25(16-20)15-17-5-2-1-3-6-17)24-14-19-8-4-7-18-13-23-11-9-21(18)19/h1-8,10,12,16,23H,9,11,13-15H2,(H,24,26). The topological polar surface area (TPSA) is 46.1 Å². The Labute approximate surface area is 153 Å². The Hall–Kier alpha value is -2.85. The van der Waals surface area contributed by atoms with Crippen LogP contribution in [0.5, 0.6) is 0 Å². The summed E-state index contributed by atoms with van der Waals surface area (Å²) < 4.78 is 2.04. The molecule has 132 valence electrons. The van der Waals surface area contributed by atoms with Gasteiger partial charge in [-0.1, -0.05) is 48.5 Å². The van der Waals surface area contributed by atoms with Crippen molar-refractivity contribution >= 4 is 5.91 Å². The molecule has 2 heterocycles. The number of amides is 1. The lowest BCUT2D eigenvalue weighted by atomic mass is 9.95. The zero-order valence-electron chi connectivity index (χ0n) is 14.7. The smallest absolute Gasteiger partial charge is 0.253 e. The number of carbonyl (C=O) groups is 1. The first-order valence-corrected chi connectivity index (χ1v) is 9.08. The van der Waals surface area contributed by atoms with Gasteiger partial charge in [-0.15, -0.1) is 0 Å². The Kier molecular flexibility index (Phi) is 4.84. The lowest BCUT2D eigenvalue weighted by Gasteiger charge is -2.20. The summed E-state index contributed by atoms with van der Waals surface area (Å²) in [5.74, 6) is -0.0247. The van der Waals surface area contributed by atoms with Crippen molar-refractivity contribution in [1.82, 2.24) is 15.2 Å². The van der Waals surface area contributed by atoms with E-state index in [0.717, 1.165) is 26.1 Å². The summed E-state index contributed by atoms with van der Waals surface area (Å²) in [6.07, 6.45) is 4.89. The molecule has 3 aromatic rings. The van der Waals surface area contributed by atoms with Crippen LogP contribution in [0.2, 0.25) is 0 Å². The van der Waals surface area contributed by atoms with Crippen molar-refractivity contribution in [2.75, 3.05) is 6.54 Å². The number of hydrogen-bond donors (Lipinski definition) is 2. The normalized spacial score (nSPS) is 13.2. The molecule has 0 unspecified atom stereocenters. The zero-order chi connectivity index (χ0) is 17.8. The van der Waals surface area contributed by atoms with E-state index in [-0.39, 0.29) is 5.91 Å². The van der Waals surface area contributed by atoms with Crippen LogP contribution in [-0.2, 0) is 26.1 Å². The fourth-order valence-corrected chi connectivity index (χ4v) is 3.52. The average molecular weight is 345 g/mol. The molecule has 2 N–H and O–H groups in total. The van der Waals surface area contributed by atoms with Crippen molar-refractivity contribution < 1.29 is 4.79 Å². The molecule has 26 heavy (non-hydrogen) atoms. The van der Waals surface area contributed by atoms with Crippen LogP contribution in [0.4, 0.5) is 0 Å². The number of nitrogens with zero attached hydrogens (tertiary/aromatic N) is 1. The molecule has 0 saturated carbocycles. The number of benzene rings is 2. The van der Waals surface area contributed by atoms with Crippen LogP contribution in [0.3, 0.4) is 0 Å². The van der Waals surface area contributed by atoms with Crippen LogP contribution in [0.1, 0.15) is 32.6 Å². The van der Waals surface area contributed by atoms with Crippen molar-refractivity contribution in [2.24, 2.45) is 0 Å². The highest BCUT2D eigenvalue weighted by Gasteiger charge is 2.13. The molecular formula is C22H23N3O. The fraction of sp³-hybridized carbons (Fsp3) is 0.227. The lowest BCUT2D eigenvalue weighted by Crippen LogP contribution is -2.27. The molecule has 2 aromatic carbocycles. The van der Waals surface area contributed by atoms with Gasteiger partial charge in [0.2, 0.25) is 0 Å². The SMILES string of the molecule is O=C(NCc1cccc2c1CCNC2)c1ccn(Cc2ccccc2)c1. The van der Waals surface area contributed by atoms with E-state index in [1.54, 1.807) is 0 Å². The van der Waals surface area contributed by atoms with E-state index in [1.807, 2.05) is 41.2 Å². The van der Waals surface area contributed by atoms with Gasteiger partial charge in [-0.05, 0) is 41.3 Å². The van der Waals surface area contributed by atoms with Crippen molar-refractivity contribution in [2.45, 2.75) is 26.1 Å². The van der Waals surface area contributed by atoms with Gasteiger partial charge in [0.25, 0.3) is 5.91 Å². The number of rotatable bonds is 5. The minimum absolute atomic E-state index is 0.0247. The first kappa shape index (κ1) is 16.6. The van der Waals surface area contributed by atoms with Gasteiger partial charge < -0.3 is 15.2 Å². The van der Waals surface area contributed by atoms with E-state index in [0.29, 0.717) is 12.1 Å². The van der Waals surface area contributed by atoms with Crippen molar-refractivity contribution in [3.05, 3.63) is 94.8 Å². The highest BCUT2D eigenvalue weighted by Crippen LogP contribution is 2.18. The van der Waals surface area contributed by atoms with Crippen LogP contribution in [0.25, 0.3) is 0 Å². The molecule has 0 bridgehead atoms. The third-order valence-corrected chi connectivity index (χ3v) is 4.90. The molecule has 1 aromatic heterocycles. The van der Waals surface area contributed by atoms with E-state index >= 15 is 0 Å². The first-order chi connectivity index (χ1) is 12.8. The second kappa shape index (κ2) is 7.58. The quantitative estimate of drug-likeness (QED) is 0.746. The fourth-order valence-electron chi connectivity index (χ4n) is 3.52. The highest BCUT2D eigenvalue weighted by atomic mass is 16.1. The Morgan fingerprint density at radius 3 is 2.85 bits per heavy atom. The molecule has 4 rings (SSSR count). The van der Waals surface area contributed by atoms with Crippen molar-refractivity contribution in [3.63, 3.8) is 0 Å². The largest absolute Gasteiger partial charge is 0.349 e. The summed E-state index contributed by atoms with van der Waals surface area (Å²) in [7, 11) is 0. The molecule has 0 saturated heterocycles. The van der Waals surface area contributed by atoms with Gasteiger partial charge in [0.05, 0.1) is 5.56 Å². The Bertz CT molecular complexity index is 899. The summed E-state index contributed by atoms with van der Waals surface area (Å²) in [6, 6.07) is 18.5. The Morgan fingerprint density at radius 1 is 1.08 bits per heavy atom. The highest BCUT2D eigenvalue weighted by molar-refractivity contribution is 5.94. The summed E-state index contributed by atoms with van der Waals surface area (Å²) in [4.78, 5) is 12.5. The third kappa shape index (κ3) is 3.70. The lowest BCUT2D eigenvalue weighted by molar-refractivity contribution is 0.0951. The molecule has 0 radical (unpaired) electrons. The number of hydrogen-bond acceptors (Lipinski definition) is 2. The van der Waals surface area contributed by atoms with Gasteiger partial charge >= 0.3 is 0 Å². The molecule has 0 atom stereocenters. The van der Waals surface area contributed by atoms with Gasteiger partial charge in [-0.2, -0.15) is 0 Å². The Morgan fingerprint density at radius 2 is 1.96 bits per heavy atom. The van der Waals surface area contributed by atoms with Gasteiger partial charge in [0, 0.05) is 32.0 Å². The zero-order valence-corrected chi connectivity index (χ0v) is 14.7. The third-order valence-electron chi connectivity index (χ3n) is 4.90. The van der Waals surface area contributed by atoms with Gasteiger partial charge in [-0.25, -0.2) is 0 Å². The predicted molar refractivity (Wildman–Crippen MR) is 103 cm³/mol.